The van der Waals surface area contributed by atoms with Crippen LogP contribution in [-0.2, 0) is 12.0 Å². The third-order valence-corrected chi connectivity index (χ3v) is 5.29. The number of fused-ring (bicyclic) bond motifs is 1. The topological polar surface area (TPSA) is 70.7 Å². The zero-order valence-electron chi connectivity index (χ0n) is 16.9. The highest BCUT2D eigenvalue weighted by molar-refractivity contribution is 5.97. The molecule has 1 fully saturated rings. The number of aromatic nitrogens is 3. The minimum atomic E-state index is -0.951. The largest absolute Gasteiger partial charge is 0.386 e. The van der Waals surface area contributed by atoms with Crippen LogP contribution in [0.4, 0.5) is 10.2 Å². The number of carbonyl (C=O) groups is 1. The highest BCUT2D eigenvalue weighted by Gasteiger charge is 2.25. The van der Waals surface area contributed by atoms with Gasteiger partial charge in [0.05, 0.1) is 30.0 Å². The van der Waals surface area contributed by atoms with Crippen molar-refractivity contribution in [1.82, 2.24) is 14.6 Å². The van der Waals surface area contributed by atoms with Gasteiger partial charge >= 0.3 is 0 Å². The summed E-state index contributed by atoms with van der Waals surface area (Å²) in [6.45, 7) is 6.24. The fourth-order valence-electron chi connectivity index (χ4n) is 3.70. The first-order valence-electron chi connectivity index (χ1n) is 9.82. The number of aliphatic hydroxyl groups is 1. The molecule has 7 heteroatoms. The predicted molar refractivity (Wildman–Crippen MR) is 109 cm³/mol. The molecule has 0 amide bonds. The molecule has 2 aromatic heterocycles. The maximum atomic E-state index is 13.8. The van der Waals surface area contributed by atoms with E-state index in [2.05, 4.69) is 10.1 Å². The smallest absolute Gasteiger partial charge is 0.168 e. The lowest BCUT2D eigenvalue weighted by atomic mass is 9.96. The van der Waals surface area contributed by atoms with E-state index in [1.54, 1.807) is 42.6 Å². The summed E-state index contributed by atoms with van der Waals surface area (Å²) in [4.78, 5) is 19.3. The predicted octanol–water partition coefficient (Wildman–Crippen LogP) is 3.24. The standard InChI is InChI=1S/C22H25FN4O2/c1-14-10-20-24-18(12-21(27(20)25-14)26-9-8-17(23)13-26)11-19(28)15-4-6-16(7-5-15)22(2,3)29/h4-7,10,12,17,29H,8-9,11,13H2,1-3H3. The van der Waals surface area contributed by atoms with E-state index in [9.17, 15) is 14.3 Å². The Morgan fingerprint density at radius 2 is 2.00 bits per heavy atom. The van der Waals surface area contributed by atoms with Crippen LogP contribution < -0.4 is 4.90 Å². The first-order valence-corrected chi connectivity index (χ1v) is 9.82. The molecule has 1 unspecified atom stereocenters. The molecule has 3 heterocycles. The number of hydrogen-bond donors (Lipinski definition) is 1. The highest BCUT2D eigenvalue weighted by atomic mass is 19.1. The van der Waals surface area contributed by atoms with Crippen molar-refractivity contribution >= 4 is 17.2 Å². The van der Waals surface area contributed by atoms with Crippen LogP contribution in [0.15, 0.2) is 36.4 Å². The van der Waals surface area contributed by atoms with Gasteiger partial charge < -0.3 is 10.0 Å². The van der Waals surface area contributed by atoms with Crippen LogP contribution in [0.5, 0.6) is 0 Å². The summed E-state index contributed by atoms with van der Waals surface area (Å²) in [6.07, 6.45) is -0.219. The molecule has 1 aromatic carbocycles. The van der Waals surface area contributed by atoms with Gasteiger partial charge in [-0.05, 0) is 32.8 Å². The van der Waals surface area contributed by atoms with Crippen LogP contribution in [0.2, 0.25) is 0 Å². The number of aryl methyl sites for hydroxylation is 1. The number of ketones is 1. The average molecular weight is 396 g/mol. The monoisotopic (exact) mass is 396 g/mol. The quantitative estimate of drug-likeness (QED) is 0.671. The third kappa shape index (κ3) is 4.00. The number of benzene rings is 1. The molecule has 1 N–H and O–H groups in total. The summed E-state index contributed by atoms with van der Waals surface area (Å²) in [5.74, 6) is 0.708. The molecule has 0 aliphatic carbocycles. The van der Waals surface area contributed by atoms with Gasteiger partial charge in [-0.2, -0.15) is 9.61 Å². The summed E-state index contributed by atoms with van der Waals surface area (Å²) >= 11 is 0. The zero-order chi connectivity index (χ0) is 20.8. The van der Waals surface area contributed by atoms with Gasteiger partial charge in [-0.25, -0.2) is 9.37 Å². The number of anilines is 1. The molecule has 29 heavy (non-hydrogen) atoms. The molecular weight excluding hydrogens is 371 g/mol. The number of alkyl halides is 1. The molecular formula is C22H25FN4O2. The van der Waals surface area contributed by atoms with Crippen molar-refractivity contribution in [2.24, 2.45) is 0 Å². The average Bonchev–Trinajstić information content (AvgIpc) is 3.25. The molecule has 0 saturated carbocycles. The minimum absolute atomic E-state index is 0.0591. The molecule has 152 valence electrons. The molecule has 0 radical (unpaired) electrons. The van der Waals surface area contributed by atoms with Gasteiger partial charge in [0.2, 0.25) is 0 Å². The molecule has 0 bridgehead atoms. The summed E-state index contributed by atoms with van der Waals surface area (Å²) in [5, 5.41) is 14.6. The number of hydrogen-bond acceptors (Lipinski definition) is 5. The van der Waals surface area contributed by atoms with E-state index in [-0.39, 0.29) is 12.2 Å². The Bertz CT molecular complexity index is 1050. The second-order valence-electron chi connectivity index (χ2n) is 8.23. The molecule has 6 nitrogen and oxygen atoms in total. The van der Waals surface area contributed by atoms with Crippen molar-refractivity contribution < 1.29 is 14.3 Å². The Labute approximate surface area is 169 Å². The lowest BCUT2D eigenvalue weighted by Gasteiger charge is -2.19. The summed E-state index contributed by atoms with van der Waals surface area (Å²) in [6, 6.07) is 10.7. The number of Topliss-reactive ketones (excluding diaryl/α,β-unsaturated/α-hetero) is 1. The Kier molecular flexibility index (Phi) is 4.86. The van der Waals surface area contributed by atoms with Crippen LogP contribution in [0.3, 0.4) is 0 Å². The van der Waals surface area contributed by atoms with Gasteiger partial charge in [0.25, 0.3) is 0 Å². The van der Waals surface area contributed by atoms with Crippen molar-refractivity contribution in [2.75, 3.05) is 18.0 Å². The molecule has 0 spiro atoms. The summed E-state index contributed by atoms with van der Waals surface area (Å²) < 4.78 is 15.5. The van der Waals surface area contributed by atoms with Crippen LogP contribution in [0.25, 0.3) is 5.65 Å². The number of rotatable bonds is 5. The summed E-state index contributed by atoms with van der Waals surface area (Å²) in [5.41, 5.74) is 2.47. The van der Waals surface area contributed by atoms with Crippen LogP contribution in [0, 0.1) is 6.92 Å². The molecule has 1 atom stereocenters. The van der Waals surface area contributed by atoms with Gasteiger partial charge in [0.15, 0.2) is 11.4 Å². The van der Waals surface area contributed by atoms with Crippen molar-refractivity contribution in [2.45, 2.75) is 45.4 Å². The number of halogens is 1. The van der Waals surface area contributed by atoms with E-state index >= 15 is 0 Å². The molecule has 1 aliphatic rings. The van der Waals surface area contributed by atoms with E-state index in [1.807, 2.05) is 24.0 Å². The molecule has 3 aromatic rings. The van der Waals surface area contributed by atoms with Crippen LogP contribution in [0.1, 0.15) is 47.6 Å². The first kappa shape index (κ1) is 19.5. The Balaban J connectivity index is 1.63. The second kappa shape index (κ2) is 7.22. The number of carbonyl (C=O) groups excluding carboxylic acids is 1. The van der Waals surface area contributed by atoms with Gasteiger partial charge in [0.1, 0.15) is 12.0 Å². The van der Waals surface area contributed by atoms with Crippen LogP contribution in [-0.4, -0.2) is 44.7 Å². The third-order valence-electron chi connectivity index (χ3n) is 5.29. The van der Waals surface area contributed by atoms with E-state index in [1.165, 1.54) is 0 Å². The SMILES string of the molecule is Cc1cc2nc(CC(=O)c3ccc(C(C)(C)O)cc3)cc(N3CCC(F)C3)n2n1. The summed E-state index contributed by atoms with van der Waals surface area (Å²) in [7, 11) is 0. The van der Waals surface area contributed by atoms with Gasteiger partial charge in [-0.3, -0.25) is 4.79 Å². The van der Waals surface area contributed by atoms with Crippen molar-refractivity contribution in [3.8, 4) is 0 Å². The van der Waals surface area contributed by atoms with Crippen molar-refractivity contribution in [3.05, 3.63) is 58.9 Å². The maximum absolute atomic E-state index is 13.8. The first-order chi connectivity index (χ1) is 13.7. The maximum Gasteiger partial charge on any atom is 0.168 e. The highest BCUT2D eigenvalue weighted by Crippen LogP contribution is 2.25. The Morgan fingerprint density at radius 3 is 2.62 bits per heavy atom. The lowest BCUT2D eigenvalue weighted by Crippen LogP contribution is -2.23. The Hall–Kier alpha value is -2.80. The fourth-order valence-corrected chi connectivity index (χ4v) is 3.70. The van der Waals surface area contributed by atoms with Crippen molar-refractivity contribution in [1.29, 1.82) is 0 Å². The van der Waals surface area contributed by atoms with Gasteiger partial charge in [-0.1, -0.05) is 24.3 Å². The zero-order valence-corrected chi connectivity index (χ0v) is 16.9. The van der Waals surface area contributed by atoms with E-state index < -0.39 is 11.8 Å². The van der Waals surface area contributed by atoms with E-state index in [0.29, 0.717) is 36.4 Å². The molecule has 4 rings (SSSR count). The van der Waals surface area contributed by atoms with Crippen LogP contribution >= 0.6 is 0 Å². The second-order valence-corrected chi connectivity index (χ2v) is 8.23. The molecule has 1 aliphatic heterocycles. The van der Waals surface area contributed by atoms with Gasteiger partial charge in [0, 0.05) is 24.2 Å². The lowest BCUT2D eigenvalue weighted by molar-refractivity contribution is 0.0784. The van der Waals surface area contributed by atoms with Gasteiger partial charge in [-0.15, -0.1) is 0 Å². The van der Waals surface area contributed by atoms with Crippen molar-refractivity contribution in [3.63, 3.8) is 0 Å². The van der Waals surface area contributed by atoms with E-state index in [0.717, 1.165) is 17.1 Å². The Morgan fingerprint density at radius 1 is 1.28 bits per heavy atom. The van der Waals surface area contributed by atoms with E-state index in [4.69, 9.17) is 0 Å². The fraction of sp³-hybridized carbons (Fsp3) is 0.409. The minimum Gasteiger partial charge on any atom is -0.386 e. The molecule has 1 saturated heterocycles. The normalized spacial score (nSPS) is 17.3. The number of nitrogens with zero attached hydrogens (tertiary/aromatic N) is 4.